The highest BCUT2D eigenvalue weighted by Gasteiger charge is 2.26. The Morgan fingerprint density at radius 3 is 3.07 bits per heavy atom. The number of imidazole rings is 1. The van der Waals surface area contributed by atoms with E-state index in [0.29, 0.717) is 23.4 Å². The Labute approximate surface area is 163 Å². The Balaban J connectivity index is 1.36. The number of aromatic nitrogens is 3. The largest absolute Gasteiger partial charge is 0.340 e. The number of urea groups is 1. The number of aromatic amines is 1. The first-order chi connectivity index (χ1) is 13.7. The van der Waals surface area contributed by atoms with Crippen molar-refractivity contribution >= 4 is 17.1 Å². The van der Waals surface area contributed by atoms with E-state index in [4.69, 9.17) is 0 Å². The lowest BCUT2D eigenvalue weighted by Crippen LogP contribution is -2.48. The molecule has 2 amide bonds. The van der Waals surface area contributed by atoms with E-state index in [1.54, 1.807) is 12.3 Å². The second-order valence-corrected chi connectivity index (χ2v) is 7.21. The number of benzene rings is 1. The lowest BCUT2D eigenvalue weighted by atomic mass is 9.97. The lowest BCUT2D eigenvalue weighted by Gasteiger charge is -2.35. The van der Waals surface area contributed by atoms with Crippen LogP contribution >= 0.6 is 0 Å². The van der Waals surface area contributed by atoms with Gasteiger partial charge in [-0.25, -0.2) is 14.2 Å². The Kier molecular flexibility index (Phi) is 5.50. The standard InChI is InChI=1S/C21H24FN5O/c22-15-7-10-18-19(13-15)26-20(25-18)14-24-21(28)27-12-4-2-6-17(27)9-8-16-5-1-3-11-23-16/h1,3,5,7,10-11,13,17H,2,4,6,8-9,12,14H2,(H,24,28)(H,25,26)/t17-/m0/s1. The van der Waals surface area contributed by atoms with Crippen molar-refractivity contribution in [2.75, 3.05) is 6.54 Å². The summed E-state index contributed by atoms with van der Waals surface area (Å²) in [6, 6.07) is 10.5. The average Bonchev–Trinajstić information content (AvgIpc) is 3.13. The Hall–Kier alpha value is -2.96. The van der Waals surface area contributed by atoms with Crippen molar-refractivity contribution < 1.29 is 9.18 Å². The zero-order valence-electron chi connectivity index (χ0n) is 15.7. The first-order valence-electron chi connectivity index (χ1n) is 9.77. The summed E-state index contributed by atoms with van der Waals surface area (Å²) >= 11 is 0. The zero-order valence-corrected chi connectivity index (χ0v) is 15.7. The number of nitrogens with one attached hydrogen (secondary N) is 2. The maximum atomic E-state index is 13.3. The van der Waals surface area contributed by atoms with Gasteiger partial charge in [0, 0.05) is 24.5 Å². The average molecular weight is 381 g/mol. The molecule has 0 bridgehead atoms. The highest BCUT2D eigenvalue weighted by atomic mass is 19.1. The molecule has 7 heteroatoms. The Morgan fingerprint density at radius 2 is 2.21 bits per heavy atom. The quantitative estimate of drug-likeness (QED) is 0.706. The van der Waals surface area contributed by atoms with Crippen LogP contribution in [0.3, 0.4) is 0 Å². The molecule has 1 aromatic carbocycles. The molecule has 4 rings (SSSR count). The van der Waals surface area contributed by atoms with Gasteiger partial charge in [-0.15, -0.1) is 0 Å². The number of likely N-dealkylation sites (tertiary alicyclic amines) is 1. The Morgan fingerprint density at radius 1 is 1.29 bits per heavy atom. The number of hydrogen-bond donors (Lipinski definition) is 2. The second-order valence-electron chi connectivity index (χ2n) is 7.21. The van der Waals surface area contributed by atoms with Gasteiger partial charge in [0.2, 0.25) is 0 Å². The molecule has 6 nitrogen and oxygen atoms in total. The van der Waals surface area contributed by atoms with Gasteiger partial charge in [0.1, 0.15) is 11.6 Å². The molecule has 0 radical (unpaired) electrons. The van der Waals surface area contributed by atoms with Crippen molar-refractivity contribution in [3.8, 4) is 0 Å². The third-order valence-corrected chi connectivity index (χ3v) is 5.25. The number of amides is 2. The highest BCUT2D eigenvalue weighted by Crippen LogP contribution is 2.21. The monoisotopic (exact) mass is 381 g/mol. The van der Waals surface area contributed by atoms with Crippen LogP contribution in [-0.2, 0) is 13.0 Å². The van der Waals surface area contributed by atoms with Gasteiger partial charge in [-0.3, -0.25) is 4.98 Å². The molecule has 0 unspecified atom stereocenters. The zero-order chi connectivity index (χ0) is 19.3. The molecule has 0 spiro atoms. The van der Waals surface area contributed by atoms with Crippen molar-refractivity contribution in [3.05, 3.63) is 59.9 Å². The number of pyridine rings is 1. The number of hydrogen-bond acceptors (Lipinski definition) is 3. The van der Waals surface area contributed by atoms with E-state index in [1.807, 2.05) is 23.1 Å². The van der Waals surface area contributed by atoms with Crippen LogP contribution in [0.5, 0.6) is 0 Å². The predicted octanol–water partition coefficient (Wildman–Crippen LogP) is 3.79. The minimum absolute atomic E-state index is 0.0719. The number of carbonyl (C=O) groups is 1. The maximum Gasteiger partial charge on any atom is 0.318 e. The number of nitrogens with zero attached hydrogens (tertiary/aromatic N) is 3. The molecule has 3 heterocycles. The summed E-state index contributed by atoms with van der Waals surface area (Å²) in [5, 5.41) is 2.96. The topological polar surface area (TPSA) is 73.9 Å². The van der Waals surface area contributed by atoms with Crippen LogP contribution in [-0.4, -0.2) is 38.5 Å². The molecule has 3 aromatic rings. The highest BCUT2D eigenvalue weighted by molar-refractivity contribution is 5.76. The van der Waals surface area contributed by atoms with Crippen LogP contribution < -0.4 is 5.32 Å². The number of H-pyrrole nitrogens is 1. The fourth-order valence-corrected chi connectivity index (χ4v) is 3.81. The lowest BCUT2D eigenvalue weighted by molar-refractivity contribution is 0.146. The first kappa shape index (κ1) is 18.4. The first-order valence-corrected chi connectivity index (χ1v) is 9.77. The van der Waals surface area contributed by atoms with Crippen molar-refractivity contribution in [1.82, 2.24) is 25.2 Å². The molecule has 2 aromatic heterocycles. The molecule has 0 saturated carbocycles. The van der Waals surface area contributed by atoms with E-state index < -0.39 is 0 Å². The molecule has 28 heavy (non-hydrogen) atoms. The summed E-state index contributed by atoms with van der Waals surface area (Å²) in [4.78, 5) is 26.5. The molecule has 0 aliphatic carbocycles. The summed E-state index contributed by atoms with van der Waals surface area (Å²) in [6.07, 6.45) is 6.77. The number of rotatable bonds is 5. The van der Waals surface area contributed by atoms with Crippen LogP contribution in [0.25, 0.3) is 11.0 Å². The normalized spacial score (nSPS) is 17.0. The molecule has 1 atom stereocenters. The van der Waals surface area contributed by atoms with Crippen LogP contribution in [0.4, 0.5) is 9.18 Å². The molecule has 1 aliphatic rings. The number of fused-ring (bicyclic) bond motifs is 1. The van der Waals surface area contributed by atoms with Crippen molar-refractivity contribution in [1.29, 1.82) is 0 Å². The summed E-state index contributed by atoms with van der Waals surface area (Å²) in [5.74, 6) is 0.312. The van der Waals surface area contributed by atoms with E-state index in [0.717, 1.165) is 44.3 Å². The molecule has 2 N–H and O–H groups in total. The number of carbonyl (C=O) groups excluding carboxylic acids is 1. The minimum Gasteiger partial charge on any atom is -0.340 e. The number of halogens is 1. The third-order valence-electron chi connectivity index (χ3n) is 5.25. The van der Waals surface area contributed by atoms with E-state index in [9.17, 15) is 9.18 Å². The minimum atomic E-state index is -0.309. The molecule has 1 saturated heterocycles. The van der Waals surface area contributed by atoms with Crippen LogP contribution in [0.1, 0.15) is 37.2 Å². The van der Waals surface area contributed by atoms with Crippen molar-refractivity contribution in [2.45, 2.75) is 44.7 Å². The van der Waals surface area contributed by atoms with Gasteiger partial charge in [-0.2, -0.15) is 0 Å². The molecule has 146 valence electrons. The summed E-state index contributed by atoms with van der Waals surface area (Å²) in [5.41, 5.74) is 2.38. The molecular weight excluding hydrogens is 357 g/mol. The van der Waals surface area contributed by atoms with Gasteiger partial charge in [0.25, 0.3) is 0 Å². The second kappa shape index (κ2) is 8.37. The summed E-state index contributed by atoms with van der Waals surface area (Å²) in [7, 11) is 0. The SMILES string of the molecule is O=C(NCc1nc2ccc(F)cc2[nH]1)N1CCCC[C@H]1CCc1ccccn1. The fraction of sp³-hybridized carbons (Fsp3) is 0.381. The molecule has 1 fully saturated rings. The third kappa shape index (κ3) is 4.30. The maximum absolute atomic E-state index is 13.3. The molecule has 1 aliphatic heterocycles. The van der Waals surface area contributed by atoms with E-state index in [1.165, 1.54) is 12.1 Å². The Bertz CT molecular complexity index is 942. The van der Waals surface area contributed by atoms with E-state index in [-0.39, 0.29) is 17.9 Å². The van der Waals surface area contributed by atoms with Gasteiger partial charge in [-0.1, -0.05) is 6.07 Å². The van der Waals surface area contributed by atoms with Crippen LogP contribution in [0.2, 0.25) is 0 Å². The van der Waals surface area contributed by atoms with Gasteiger partial charge in [0.15, 0.2) is 0 Å². The van der Waals surface area contributed by atoms with Gasteiger partial charge in [0.05, 0.1) is 17.6 Å². The van der Waals surface area contributed by atoms with Crippen molar-refractivity contribution in [3.63, 3.8) is 0 Å². The number of piperidine rings is 1. The summed E-state index contributed by atoms with van der Waals surface area (Å²) < 4.78 is 13.3. The fourth-order valence-electron chi connectivity index (χ4n) is 3.81. The summed E-state index contributed by atoms with van der Waals surface area (Å²) in [6.45, 7) is 1.06. The number of aryl methyl sites for hydroxylation is 1. The van der Waals surface area contributed by atoms with Crippen molar-refractivity contribution in [2.24, 2.45) is 0 Å². The molecular formula is C21H24FN5O. The van der Waals surface area contributed by atoms with Crippen LogP contribution in [0.15, 0.2) is 42.6 Å². The van der Waals surface area contributed by atoms with Gasteiger partial charge >= 0.3 is 6.03 Å². The van der Waals surface area contributed by atoms with E-state index >= 15 is 0 Å². The predicted molar refractivity (Wildman–Crippen MR) is 105 cm³/mol. The smallest absolute Gasteiger partial charge is 0.318 e. The van der Waals surface area contributed by atoms with Gasteiger partial charge < -0.3 is 15.2 Å². The van der Waals surface area contributed by atoms with Crippen LogP contribution in [0, 0.1) is 5.82 Å². The van der Waals surface area contributed by atoms with Gasteiger partial charge in [-0.05, 0) is 62.4 Å². The van der Waals surface area contributed by atoms with E-state index in [2.05, 4.69) is 20.3 Å².